The first kappa shape index (κ1) is 9.50. The van der Waals surface area contributed by atoms with Crippen LogP contribution < -0.4 is 5.32 Å². The topological polar surface area (TPSA) is 24.4 Å². The third-order valence-electron chi connectivity index (χ3n) is 1.07. The van der Waals surface area contributed by atoms with Crippen LogP contribution in [-0.4, -0.2) is 12.4 Å². The fourth-order valence-electron chi connectivity index (χ4n) is 0.603. The van der Waals surface area contributed by atoms with Crippen LogP contribution in [0.15, 0.2) is 17.2 Å². The second kappa shape index (κ2) is 6.62. The molecule has 10 heavy (non-hydrogen) atoms. The maximum Gasteiger partial charge on any atom is 0.117 e. The molecule has 0 spiro atoms. The molecule has 0 amide bonds. The Bertz CT molecular complexity index is 121. The molecule has 0 bridgehead atoms. The smallest absolute Gasteiger partial charge is 0.117 e. The first-order chi connectivity index (χ1) is 4.85. The Balaban J connectivity index is 3.51. The predicted octanol–water partition coefficient (Wildman–Crippen LogP) is 2.11. The molecule has 0 saturated carbocycles. The molecule has 0 fully saturated rings. The molecule has 1 N–H and O–H groups in total. The minimum Gasteiger partial charge on any atom is -0.373 e. The van der Waals surface area contributed by atoms with Crippen molar-refractivity contribution in [2.45, 2.75) is 19.8 Å². The molecule has 58 valence electrons. The number of halogens is 1. The number of hydrogen-bond acceptors (Lipinski definition) is 1. The minimum absolute atomic E-state index is 0.837. The number of nitrogens with one attached hydrogen (secondary N) is 1. The lowest BCUT2D eigenvalue weighted by Crippen LogP contribution is -2.21. The second-order valence-corrected chi connectivity index (χ2v) is 2.06. The van der Waals surface area contributed by atoms with Gasteiger partial charge >= 0.3 is 0 Å². The number of nitrogens with zero attached hydrogens (tertiary/aromatic N) is 1. The Kier molecular flexibility index (Phi) is 6.29. The summed E-state index contributed by atoms with van der Waals surface area (Å²) in [5.41, 5.74) is 0. The normalized spacial score (nSPS) is 11.2. The van der Waals surface area contributed by atoms with Gasteiger partial charge in [0, 0.05) is 24.7 Å². The van der Waals surface area contributed by atoms with Crippen molar-refractivity contribution in [2.24, 2.45) is 4.51 Å². The number of amidine groups is 1. The molecule has 0 atom stereocenters. The fraction of sp³-hybridized carbons (Fsp3) is 0.571. The van der Waals surface area contributed by atoms with Gasteiger partial charge in [-0.05, 0) is 13.3 Å². The molecule has 0 rings (SSSR count). The van der Waals surface area contributed by atoms with Gasteiger partial charge in [-0.25, -0.2) is 0 Å². The third-order valence-corrected chi connectivity index (χ3v) is 1.27. The van der Waals surface area contributed by atoms with Crippen LogP contribution in [-0.2, 0) is 0 Å². The quantitative estimate of drug-likeness (QED) is 0.380. The minimum atomic E-state index is 0.837. The second-order valence-electron chi connectivity index (χ2n) is 1.89. The summed E-state index contributed by atoms with van der Waals surface area (Å²) < 4.78 is 3.55. The average molecular weight is 161 g/mol. The Hall–Kier alpha value is -0.500. The largest absolute Gasteiger partial charge is 0.373 e. The van der Waals surface area contributed by atoms with Crippen LogP contribution in [0.2, 0.25) is 0 Å². The van der Waals surface area contributed by atoms with E-state index in [2.05, 4.69) is 16.4 Å². The van der Waals surface area contributed by atoms with Gasteiger partial charge in [0.15, 0.2) is 0 Å². The molecular formula is C7H13ClN2. The van der Waals surface area contributed by atoms with E-state index in [0.29, 0.717) is 0 Å². The van der Waals surface area contributed by atoms with Crippen molar-refractivity contribution in [3.63, 3.8) is 0 Å². The van der Waals surface area contributed by atoms with Crippen LogP contribution in [0, 0.1) is 0 Å². The lowest BCUT2D eigenvalue weighted by Gasteiger charge is -2.02. The monoisotopic (exact) mass is 160 g/mol. The molecule has 2 nitrogen and oxygen atoms in total. The van der Waals surface area contributed by atoms with Gasteiger partial charge in [-0.1, -0.05) is 6.08 Å². The first-order valence-electron chi connectivity index (χ1n) is 3.37. The molecule has 0 aliphatic carbocycles. The summed E-state index contributed by atoms with van der Waals surface area (Å²) in [7, 11) is 0. The third kappa shape index (κ3) is 4.39. The van der Waals surface area contributed by atoms with E-state index in [1.165, 1.54) is 0 Å². The van der Waals surface area contributed by atoms with Crippen molar-refractivity contribution < 1.29 is 0 Å². The standard InChI is InChI=1S/C7H13ClN2/c1-3-5-6-7(10-8)9-4-2/h3H,1,4-6H2,2H3,(H,9,10). The summed E-state index contributed by atoms with van der Waals surface area (Å²) >= 11 is 5.27. The van der Waals surface area contributed by atoms with Gasteiger partial charge in [0.2, 0.25) is 0 Å². The van der Waals surface area contributed by atoms with Crippen LogP contribution >= 0.6 is 11.8 Å². The van der Waals surface area contributed by atoms with E-state index in [1.54, 1.807) is 0 Å². The van der Waals surface area contributed by atoms with Crippen LogP contribution in [0.5, 0.6) is 0 Å². The highest BCUT2D eigenvalue weighted by Crippen LogP contribution is 1.92. The predicted molar refractivity (Wildman–Crippen MR) is 46.4 cm³/mol. The van der Waals surface area contributed by atoms with E-state index >= 15 is 0 Å². The average Bonchev–Trinajstić information content (AvgIpc) is 1.98. The zero-order chi connectivity index (χ0) is 7.82. The Morgan fingerprint density at radius 3 is 2.90 bits per heavy atom. The summed E-state index contributed by atoms with van der Waals surface area (Å²) in [6.45, 7) is 6.47. The summed E-state index contributed by atoms with van der Waals surface area (Å²) in [4.78, 5) is 0. The first-order valence-corrected chi connectivity index (χ1v) is 3.71. The summed E-state index contributed by atoms with van der Waals surface area (Å²) in [6, 6.07) is 0. The van der Waals surface area contributed by atoms with E-state index < -0.39 is 0 Å². The van der Waals surface area contributed by atoms with Crippen LogP contribution in [0.4, 0.5) is 0 Å². The zero-order valence-corrected chi connectivity index (χ0v) is 6.99. The van der Waals surface area contributed by atoms with E-state index in [0.717, 1.165) is 25.2 Å². The van der Waals surface area contributed by atoms with Crippen molar-refractivity contribution in [3.05, 3.63) is 12.7 Å². The molecule has 0 heterocycles. The van der Waals surface area contributed by atoms with Crippen molar-refractivity contribution in [1.82, 2.24) is 5.32 Å². The summed E-state index contributed by atoms with van der Waals surface area (Å²) in [5.74, 6) is 0.837. The number of hydrogen-bond donors (Lipinski definition) is 1. The molecule has 0 saturated heterocycles. The van der Waals surface area contributed by atoms with Crippen LogP contribution in [0.1, 0.15) is 19.8 Å². The molecule has 0 aromatic heterocycles. The summed E-state index contributed by atoms with van der Waals surface area (Å²) in [6.07, 6.45) is 3.61. The lowest BCUT2D eigenvalue weighted by molar-refractivity contribution is 0.918. The van der Waals surface area contributed by atoms with Gasteiger partial charge in [-0.2, -0.15) is 4.51 Å². The molecular weight excluding hydrogens is 148 g/mol. The summed E-state index contributed by atoms with van der Waals surface area (Å²) in [5, 5.41) is 3.04. The molecule has 0 radical (unpaired) electrons. The highest BCUT2D eigenvalue weighted by Gasteiger charge is 1.92. The molecule has 3 heteroatoms. The Morgan fingerprint density at radius 2 is 2.50 bits per heavy atom. The van der Waals surface area contributed by atoms with E-state index in [4.69, 9.17) is 11.8 Å². The highest BCUT2D eigenvalue weighted by atomic mass is 35.5. The van der Waals surface area contributed by atoms with Gasteiger partial charge < -0.3 is 5.32 Å². The van der Waals surface area contributed by atoms with E-state index in [9.17, 15) is 0 Å². The van der Waals surface area contributed by atoms with E-state index in [-0.39, 0.29) is 0 Å². The maximum absolute atomic E-state index is 5.27. The highest BCUT2D eigenvalue weighted by molar-refractivity contribution is 6.19. The molecule has 0 aliphatic heterocycles. The van der Waals surface area contributed by atoms with Crippen molar-refractivity contribution in [2.75, 3.05) is 6.54 Å². The van der Waals surface area contributed by atoms with Crippen LogP contribution in [0.3, 0.4) is 0 Å². The van der Waals surface area contributed by atoms with Gasteiger partial charge in [-0.3, -0.25) is 0 Å². The van der Waals surface area contributed by atoms with Crippen molar-refractivity contribution in [3.8, 4) is 0 Å². The van der Waals surface area contributed by atoms with Crippen molar-refractivity contribution >= 4 is 17.6 Å². The zero-order valence-electron chi connectivity index (χ0n) is 6.23. The Morgan fingerprint density at radius 1 is 1.80 bits per heavy atom. The Labute approximate surface area is 67.1 Å². The molecule has 0 unspecified atom stereocenters. The van der Waals surface area contributed by atoms with Crippen molar-refractivity contribution in [1.29, 1.82) is 0 Å². The van der Waals surface area contributed by atoms with E-state index in [1.807, 2.05) is 13.0 Å². The number of rotatable bonds is 4. The molecule has 0 aromatic rings. The van der Waals surface area contributed by atoms with Gasteiger partial charge in [0.1, 0.15) is 5.84 Å². The van der Waals surface area contributed by atoms with Gasteiger partial charge in [0.05, 0.1) is 0 Å². The lowest BCUT2D eigenvalue weighted by atomic mass is 10.3. The maximum atomic E-state index is 5.27. The molecule has 0 aromatic carbocycles. The molecule has 0 aliphatic rings. The van der Waals surface area contributed by atoms with Gasteiger partial charge in [-0.15, -0.1) is 6.58 Å². The SMILES string of the molecule is C=CCC/C(=N/Cl)NCC. The fourth-order valence-corrected chi connectivity index (χ4v) is 0.748. The van der Waals surface area contributed by atoms with Gasteiger partial charge in [0.25, 0.3) is 0 Å². The number of allylic oxidation sites excluding steroid dienone is 1. The van der Waals surface area contributed by atoms with Crippen LogP contribution in [0.25, 0.3) is 0 Å².